The average molecular weight is 215 g/mol. The Morgan fingerprint density at radius 2 is 1.50 bits per heavy atom. The van der Waals surface area contributed by atoms with Crippen molar-refractivity contribution in [3.05, 3.63) is 24.4 Å². The third kappa shape index (κ3) is 3.38. The maximum Gasteiger partial charge on any atom is 0.537 e. The molecular weight excluding hydrogens is 196 g/mol. The van der Waals surface area contributed by atoms with E-state index in [0.717, 1.165) is 0 Å². The molecule has 0 aliphatic carbocycles. The lowest BCUT2D eigenvalue weighted by Crippen LogP contribution is -2.47. The van der Waals surface area contributed by atoms with Crippen LogP contribution in [-0.2, 0) is 13.3 Å². The Morgan fingerprint density at radius 1 is 1.14 bits per heavy atom. The molecule has 0 unspecified atom stereocenters. The molecule has 0 saturated carbocycles. The van der Waals surface area contributed by atoms with E-state index in [1.807, 2.05) is 20.8 Å². The SMILES string of the molecule is [CH]=C(C=C)[Si](OCC)(OCC)OCC. The lowest BCUT2D eigenvalue weighted by Gasteiger charge is -2.28. The summed E-state index contributed by atoms with van der Waals surface area (Å²) in [7, 11) is -2.82. The second-order valence-corrected chi connectivity index (χ2v) is 5.07. The van der Waals surface area contributed by atoms with Gasteiger partial charge in [0.2, 0.25) is 0 Å². The Balaban J connectivity index is 4.71. The van der Waals surface area contributed by atoms with Crippen molar-refractivity contribution < 1.29 is 13.3 Å². The number of rotatable bonds is 8. The molecule has 4 heteroatoms. The smallest absolute Gasteiger partial charge is 0.370 e. The van der Waals surface area contributed by atoms with Gasteiger partial charge in [-0.1, -0.05) is 19.2 Å². The van der Waals surface area contributed by atoms with Gasteiger partial charge >= 0.3 is 8.80 Å². The summed E-state index contributed by atoms with van der Waals surface area (Å²) in [5.41, 5.74) is 0. The van der Waals surface area contributed by atoms with Crippen LogP contribution < -0.4 is 0 Å². The second-order valence-electron chi connectivity index (χ2n) is 2.51. The van der Waals surface area contributed by atoms with Crippen molar-refractivity contribution in [2.24, 2.45) is 0 Å². The normalized spacial score (nSPS) is 11.4. The van der Waals surface area contributed by atoms with Crippen molar-refractivity contribution >= 4 is 8.80 Å². The second kappa shape index (κ2) is 6.95. The third-order valence-corrected chi connectivity index (χ3v) is 4.49. The van der Waals surface area contributed by atoms with Crippen LogP contribution in [0.15, 0.2) is 17.9 Å². The van der Waals surface area contributed by atoms with Crippen molar-refractivity contribution in [1.82, 2.24) is 0 Å². The summed E-state index contributed by atoms with van der Waals surface area (Å²) >= 11 is 0. The standard InChI is InChI=1S/C10H19O3Si/c1-6-10(5)14(11-7-2,12-8-3)13-9-4/h5-6H,1,7-9H2,2-4H3. The van der Waals surface area contributed by atoms with E-state index < -0.39 is 8.80 Å². The van der Waals surface area contributed by atoms with Crippen molar-refractivity contribution in [2.45, 2.75) is 20.8 Å². The first-order valence-corrected chi connectivity index (χ1v) is 6.56. The molecule has 0 bridgehead atoms. The molecule has 0 saturated heterocycles. The van der Waals surface area contributed by atoms with Gasteiger partial charge in [-0.25, -0.2) is 0 Å². The van der Waals surface area contributed by atoms with Crippen LogP contribution in [0.1, 0.15) is 20.8 Å². The van der Waals surface area contributed by atoms with Crippen LogP contribution in [0.25, 0.3) is 0 Å². The fourth-order valence-corrected chi connectivity index (χ4v) is 3.21. The summed E-state index contributed by atoms with van der Waals surface area (Å²) in [5, 5.41) is 0.475. The first kappa shape index (κ1) is 13.6. The highest BCUT2D eigenvalue weighted by molar-refractivity contribution is 6.69. The summed E-state index contributed by atoms with van der Waals surface area (Å²) in [6.45, 7) is 16.6. The molecule has 0 atom stereocenters. The summed E-state index contributed by atoms with van der Waals surface area (Å²) < 4.78 is 16.6. The quantitative estimate of drug-likeness (QED) is 0.458. The molecule has 0 aliphatic heterocycles. The molecule has 0 aromatic heterocycles. The molecule has 0 aliphatic rings. The van der Waals surface area contributed by atoms with Gasteiger partial charge < -0.3 is 13.3 Å². The minimum absolute atomic E-state index is 0.475. The predicted molar refractivity (Wildman–Crippen MR) is 58.6 cm³/mol. The van der Waals surface area contributed by atoms with Crippen LogP contribution in [0.2, 0.25) is 0 Å². The largest absolute Gasteiger partial charge is 0.537 e. The Bertz CT molecular complexity index is 175. The average Bonchev–Trinajstić information content (AvgIpc) is 2.17. The molecule has 0 N–H and O–H groups in total. The lowest BCUT2D eigenvalue weighted by atomic mass is 10.6. The van der Waals surface area contributed by atoms with E-state index in [4.69, 9.17) is 19.9 Å². The predicted octanol–water partition coefficient (Wildman–Crippen LogP) is 2.12. The Kier molecular flexibility index (Phi) is 6.74. The maximum atomic E-state index is 5.80. The van der Waals surface area contributed by atoms with E-state index in [1.54, 1.807) is 0 Å². The van der Waals surface area contributed by atoms with Gasteiger partial charge in [0.25, 0.3) is 0 Å². The Labute approximate surface area is 87.7 Å². The van der Waals surface area contributed by atoms with Crippen LogP contribution in [0.5, 0.6) is 0 Å². The molecule has 81 valence electrons. The highest BCUT2D eigenvalue weighted by Crippen LogP contribution is 2.19. The summed E-state index contributed by atoms with van der Waals surface area (Å²) in [6.07, 6.45) is 1.53. The monoisotopic (exact) mass is 215 g/mol. The van der Waals surface area contributed by atoms with Gasteiger partial charge in [-0.2, -0.15) is 0 Å². The van der Waals surface area contributed by atoms with E-state index in [1.165, 1.54) is 6.08 Å². The van der Waals surface area contributed by atoms with E-state index in [0.29, 0.717) is 25.0 Å². The van der Waals surface area contributed by atoms with Gasteiger partial charge in [-0.05, 0) is 20.8 Å². The zero-order chi connectivity index (χ0) is 11.0. The van der Waals surface area contributed by atoms with Crippen molar-refractivity contribution in [1.29, 1.82) is 0 Å². The third-order valence-electron chi connectivity index (χ3n) is 1.58. The molecule has 0 rings (SSSR count). The van der Waals surface area contributed by atoms with Crippen LogP contribution in [0.3, 0.4) is 0 Å². The lowest BCUT2D eigenvalue weighted by molar-refractivity contribution is 0.0818. The molecule has 0 spiro atoms. The van der Waals surface area contributed by atoms with E-state index in [9.17, 15) is 0 Å². The minimum atomic E-state index is -2.82. The summed E-state index contributed by atoms with van der Waals surface area (Å²) in [4.78, 5) is 0. The zero-order valence-electron chi connectivity index (χ0n) is 9.21. The minimum Gasteiger partial charge on any atom is -0.370 e. The Hall–Kier alpha value is -0.423. The molecule has 1 radical (unpaired) electrons. The van der Waals surface area contributed by atoms with Gasteiger partial charge in [0.05, 0.1) is 0 Å². The van der Waals surface area contributed by atoms with Crippen molar-refractivity contribution in [2.75, 3.05) is 19.8 Å². The van der Waals surface area contributed by atoms with Gasteiger partial charge in [0.1, 0.15) is 0 Å². The van der Waals surface area contributed by atoms with Gasteiger partial charge in [0.15, 0.2) is 0 Å². The molecule has 3 nitrogen and oxygen atoms in total. The summed E-state index contributed by atoms with van der Waals surface area (Å²) in [5.74, 6) is 0. The first-order valence-electron chi connectivity index (χ1n) is 4.84. The Morgan fingerprint density at radius 3 is 1.71 bits per heavy atom. The topological polar surface area (TPSA) is 27.7 Å². The van der Waals surface area contributed by atoms with Gasteiger partial charge in [-0.15, -0.1) is 0 Å². The highest BCUT2D eigenvalue weighted by Gasteiger charge is 2.42. The molecule has 0 amide bonds. The fourth-order valence-electron chi connectivity index (χ4n) is 1.07. The number of hydrogen-bond acceptors (Lipinski definition) is 3. The first-order chi connectivity index (χ1) is 6.66. The molecule has 14 heavy (non-hydrogen) atoms. The number of hydrogen-bond donors (Lipinski definition) is 0. The molecule has 0 aromatic rings. The fraction of sp³-hybridized carbons (Fsp3) is 0.600. The van der Waals surface area contributed by atoms with Gasteiger partial charge in [-0.3, -0.25) is 0 Å². The molecule has 0 heterocycles. The van der Waals surface area contributed by atoms with Crippen molar-refractivity contribution in [3.63, 3.8) is 0 Å². The van der Waals surface area contributed by atoms with Crippen LogP contribution >= 0.6 is 0 Å². The van der Waals surface area contributed by atoms with Gasteiger partial charge in [0, 0.05) is 25.0 Å². The summed E-state index contributed by atoms with van der Waals surface area (Å²) in [6, 6.07) is 0. The number of allylic oxidation sites excluding steroid dienone is 2. The molecule has 0 aromatic carbocycles. The van der Waals surface area contributed by atoms with Crippen LogP contribution in [0.4, 0.5) is 0 Å². The molecule has 0 fully saturated rings. The zero-order valence-corrected chi connectivity index (χ0v) is 10.2. The van der Waals surface area contributed by atoms with Crippen molar-refractivity contribution in [3.8, 4) is 0 Å². The van der Waals surface area contributed by atoms with E-state index in [2.05, 4.69) is 6.58 Å². The van der Waals surface area contributed by atoms with Crippen LogP contribution in [-0.4, -0.2) is 28.6 Å². The maximum absolute atomic E-state index is 5.80. The van der Waals surface area contributed by atoms with E-state index in [-0.39, 0.29) is 0 Å². The highest BCUT2D eigenvalue weighted by atomic mass is 28.4. The van der Waals surface area contributed by atoms with E-state index >= 15 is 0 Å². The molecular formula is C10H19O3Si. The van der Waals surface area contributed by atoms with Crippen LogP contribution in [0, 0.1) is 6.58 Å².